The molecule has 0 saturated carbocycles. The number of anilines is 1. The van der Waals surface area contributed by atoms with Gasteiger partial charge in [-0.2, -0.15) is 0 Å². The van der Waals surface area contributed by atoms with Crippen molar-refractivity contribution in [3.8, 4) is 5.75 Å². The molecule has 0 unspecified atom stereocenters. The Labute approximate surface area is 107 Å². The van der Waals surface area contributed by atoms with Gasteiger partial charge in [-0.25, -0.2) is 0 Å². The summed E-state index contributed by atoms with van der Waals surface area (Å²) in [6.07, 6.45) is 0.847. The van der Waals surface area contributed by atoms with E-state index in [-0.39, 0.29) is 0 Å². The second-order valence-electron chi connectivity index (χ2n) is 3.92. The highest BCUT2D eigenvalue weighted by Gasteiger charge is 2.05. The molecule has 2 aromatic rings. The van der Waals surface area contributed by atoms with E-state index in [0.29, 0.717) is 6.54 Å². The van der Waals surface area contributed by atoms with E-state index >= 15 is 0 Å². The average Bonchev–Trinajstić information content (AvgIpc) is 2.46. The second kappa shape index (κ2) is 5.87. The quantitative estimate of drug-likeness (QED) is 0.753. The maximum absolute atomic E-state index is 11.1. The van der Waals surface area contributed by atoms with Crippen molar-refractivity contribution in [2.45, 2.75) is 6.54 Å². The lowest BCUT2D eigenvalue weighted by atomic mass is 10.2. The van der Waals surface area contributed by atoms with Crippen molar-refractivity contribution in [1.29, 1.82) is 0 Å². The summed E-state index contributed by atoms with van der Waals surface area (Å²) in [7, 11) is 1.64. The number of carbonyl (C=O) groups is 1. The summed E-state index contributed by atoms with van der Waals surface area (Å²) in [6.45, 7) is 0.553. The molecule has 2 rings (SSSR count). The van der Waals surface area contributed by atoms with Gasteiger partial charge in [-0.3, -0.25) is 4.79 Å². The van der Waals surface area contributed by atoms with Crippen molar-refractivity contribution in [2.24, 2.45) is 0 Å². The summed E-state index contributed by atoms with van der Waals surface area (Å²) in [6, 6.07) is 17.3. The number of rotatable bonds is 5. The first-order valence-electron chi connectivity index (χ1n) is 5.73. The van der Waals surface area contributed by atoms with Crippen LogP contribution in [0.15, 0.2) is 54.6 Å². The summed E-state index contributed by atoms with van der Waals surface area (Å²) in [5.74, 6) is 0.816. The molecule has 92 valence electrons. The van der Waals surface area contributed by atoms with Gasteiger partial charge in [0.15, 0.2) is 0 Å². The van der Waals surface area contributed by atoms with Gasteiger partial charge >= 0.3 is 0 Å². The molecule has 0 aromatic heterocycles. The first kappa shape index (κ1) is 12.2. The van der Waals surface area contributed by atoms with Crippen LogP contribution >= 0.6 is 0 Å². The number of hydrogen-bond donors (Lipinski definition) is 0. The number of hydrogen-bond acceptors (Lipinski definition) is 2. The number of benzene rings is 2. The molecule has 0 aliphatic carbocycles. The van der Waals surface area contributed by atoms with Gasteiger partial charge in [0.05, 0.1) is 13.7 Å². The summed E-state index contributed by atoms with van der Waals surface area (Å²) < 4.78 is 5.10. The molecule has 0 radical (unpaired) electrons. The Kier molecular flexibility index (Phi) is 3.97. The molecule has 0 atom stereocenters. The van der Waals surface area contributed by atoms with Crippen LogP contribution in [0.5, 0.6) is 5.75 Å². The van der Waals surface area contributed by atoms with Crippen molar-refractivity contribution < 1.29 is 9.53 Å². The van der Waals surface area contributed by atoms with Crippen LogP contribution in [0.3, 0.4) is 0 Å². The zero-order valence-electron chi connectivity index (χ0n) is 10.2. The molecule has 0 heterocycles. The normalized spacial score (nSPS) is 9.83. The van der Waals surface area contributed by atoms with Crippen LogP contribution in [0.4, 0.5) is 5.69 Å². The Balaban J connectivity index is 2.13. The minimum absolute atomic E-state index is 0.553. The smallest absolute Gasteiger partial charge is 0.214 e. The van der Waals surface area contributed by atoms with Crippen LogP contribution in [0.25, 0.3) is 0 Å². The molecule has 0 aliphatic heterocycles. The van der Waals surface area contributed by atoms with Gasteiger partial charge in [-0.1, -0.05) is 30.3 Å². The largest absolute Gasteiger partial charge is 0.497 e. The van der Waals surface area contributed by atoms with Gasteiger partial charge in [0.25, 0.3) is 0 Å². The number of carbonyl (C=O) groups excluding carboxylic acids is 1. The van der Waals surface area contributed by atoms with Gasteiger partial charge in [-0.05, 0) is 29.8 Å². The fourth-order valence-corrected chi connectivity index (χ4v) is 1.74. The van der Waals surface area contributed by atoms with Crippen molar-refractivity contribution >= 4 is 12.1 Å². The number of nitrogens with zero attached hydrogens (tertiary/aromatic N) is 1. The highest BCUT2D eigenvalue weighted by atomic mass is 16.5. The van der Waals surface area contributed by atoms with E-state index in [9.17, 15) is 4.79 Å². The van der Waals surface area contributed by atoms with Crippen molar-refractivity contribution in [3.05, 3.63) is 60.2 Å². The topological polar surface area (TPSA) is 29.5 Å². The fraction of sp³-hybridized carbons (Fsp3) is 0.133. The van der Waals surface area contributed by atoms with E-state index in [1.165, 1.54) is 0 Å². The SMILES string of the molecule is COc1ccc(CN(C=O)c2ccccc2)cc1. The third-order valence-electron chi connectivity index (χ3n) is 2.73. The molecule has 2 aromatic carbocycles. The summed E-state index contributed by atoms with van der Waals surface area (Å²) in [4.78, 5) is 12.8. The zero-order valence-corrected chi connectivity index (χ0v) is 10.2. The highest BCUT2D eigenvalue weighted by molar-refractivity contribution is 5.74. The van der Waals surface area contributed by atoms with Gasteiger partial charge in [0.2, 0.25) is 6.41 Å². The summed E-state index contributed by atoms with van der Waals surface area (Å²) >= 11 is 0. The van der Waals surface area contributed by atoms with E-state index in [0.717, 1.165) is 23.4 Å². The Morgan fingerprint density at radius 3 is 2.28 bits per heavy atom. The van der Waals surface area contributed by atoms with E-state index in [1.54, 1.807) is 12.0 Å². The summed E-state index contributed by atoms with van der Waals surface area (Å²) in [5.41, 5.74) is 1.95. The van der Waals surface area contributed by atoms with Crippen LogP contribution in [-0.2, 0) is 11.3 Å². The third-order valence-corrected chi connectivity index (χ3v) is 2.73. The Bertz CT molecular complexity index is 494. The fourth-order valence-electron chi connectivity index (χ4n) is 1.74. The molecule has 0 fully saturated rings. The summed E-state index contributed by atoms with van der Waals surface area (Å²) in [5, 5.41) is 0. The number of ether oxygens (including phenoxy) is 1. The average molecular weight is 241 g/mol. The molecule has 1 amide bonds. The highest BCUT2D eigenvalue weighted by Crippen LogP contribution is 2.17. The van der Waals surface area contributed by atoms with Gasteiger partial charge in [-0.15, -0.1) is 0 Å². The lowest BCUT2D eigenvalue weighted by molar-refractivity contribution is -0.107. The van der Waals surface area contributed by atoms with Crippen molar-refractivity contribution in [3.63, 3.8) is 0 Å². The lowest BCUT2D eigenvalue weighted by Gasteiger charge is -2.17. The molecule has 0 spiro atoms. The molecular formula is C15H15NO2. The van der Waals surface area contributed by atoms with Crippen molar-refractivity contribution in [2.75, 3.05) is 12.0 Å². The van der Waals surface area contributed by atoms with Crippen LogP contribution in [0.2, 0.25) is 0 Å². The third kappa shape index (κ3) is 2.88. The maximum Gasteiger partial charge on any atom is 0.214 e. The van der Waals surface area contributed by atoms with Gasteiger partial charge < -0.3 is 9.64 Å². The number of para-hydroxylation sites is 1. The second-order valence-corrected chi connectivity index (χ2v) is 3.92. The molecule has 0 bridgehead atoms. The zero-order chi connectivity index (χ0) is 12.8. The molecule has 3 nitrogen and oxygen atoms in total. The van der Waals surface area contributed by atoms with Crippen molar-refractivity contribution in [1.82, 2.24) is 0 Å². The standard InChI is InChI=1S/C15H15NO2/c1-18-15-9-7-13(8-10-15)11-16(12-17)14-5-3-2-4-6-14/h2-10,12H,11H2,1H3. The van der Waals surface area contributed by atoms with Gasteiger partial charge in [0.1, 0.15) is 5.75 Å². The molecule has 0 N–H and O–H groups in total. The Morgan fingerprint density at radius 2 is 1.72 bits per heavy atom. The predicted molar refractivity (Wildman–Crippen MR) is 71.7 cm³/mol. The van der Waals surface area contributed by atoms with Crippen LogP contribution in [0.1, 0.15) is 5.56 Å². The Hall–Kier alpha value is -2.29. The molecule has 18 heavy (non-hydrogen) atoms. The number of amides is 1. The minimum atomic E-state index is 0.553. The molecular weight excluding hydrogens is 226 g/mol. The van der Waals surface area contributed by atoms with Gasteiger partial charge in [0, 0.05) is 5.69 Å². The van der Waals surface area contributed by atoms with E-state index < -0.39 is 0 Å². The minimum Gasteiger partial charge on any atom is -0.497 e. The van der Waals surface area contributed by atoms with Crippen LogP contribution in [-0.4, -0.2) is 13.5 Å². The monoisotopic (exact) mass is 241 g/mol. The van der Waals surface area contributed by atoms with E-state index in [1.807, 2.05) is 54.6 Å². The molecule has 0 saturated heterocycles. The first-order chi connectivity index (χ1) is 8.83. The Morgan fingerprint density at radius 1 is 1.06 bits per heavy atom. The van der Waals surface area contributed by atoms with E-state index in [4.69, 9.17) is 4.74 Å². The first-order valence-corrected chi connectivity index (χ1v) is 5.73. The molecule has 0 aliphatic rings. The van der Waals surface area contributed by atoms with Crippen LogP contribution in [0, 0.1) is 0 Å². The maximum atomic E-state index is 11.1. The number of methoxy groups -OCH3 is 1. The van der Waals surface area contributed by atoms with E-state index in [2.05, 4.69) is 0 Å². The predicted octanol–water partition coefficient (Wildman–Crippen LogP) is 2.86. The lowest BCUT2D eigenvalue weighted by Crippen LogP contribution is -2.20. The molecule has 3 heteroatoms. The van der Waals surface area contributed by atoms with Crippen LogP contribution < -0.4 is 9.64 Å².